The van der Waals surface area contributed by atoms with E-state index in [1.807, 2.05) is 6.92 Å². The molecule has 0 saturated heterocycles. The molecule has 0 aromatic carbocycles. The smallest absolute Gasteiger partial charge is 0.377 e. The van der Waals surface area contributed by atoms with E-state index in [1.165, 1.54) is 6.42 Å². The van der Waals surface area contributed by atoms with E-state index in [-0.39, 0.29) is 0 Å². The van der Waals surface area contributed by atoms with Crippen molar-refractivity contribution >= 4 is 8.80 Å². The van der Waals surface area contributed by atoms with Crippen molar-refractivity contribution in [3.8, 4) is 0 Å². The topological polar surface area (TPSA) is 39.7 Å². The van der Waals surface area contributed by atoms with Crippen LogP contribution in [-0.4, -0.2) is 42.7 Å². The molecular weight excluding hydrogens is 210 g/mol. The molecule has 0 bridgehead atoms. The second-order valence-electron chi connectivity index (χ2n) is 3.38. The zero-order valence-corrected chi connectivity index (χ0v) is 11.5. The average Bonchev–Trinajstić information content (AvgIpc) is 2.27. The van der Waals surface area contributed by atoms with Crippen LogP contribution in [0.1, 0.15) is 26.7 Å². The van der Waals surface area contributed by atoms with Crippen LogP contribution in [0.15, 0.2) is 0 Å². The van der Waals surface area contributed by atoms with Crippen LogP contribution in [0.2, 0.25) is 6.04 Å². The molecule has 0 heterocycles. The third kappa shape index (κ3) is 6.27. The summed E-state index contributed by atoms with van der Waals surface area (Å²) in [5.41, 5.74) is 0. The fourth-order valence-electron chi connectivity index (χ4n) is 1.43. The van der Waals surface area contributed by atoms with Crippen molar-refractivity contribution in [3.63, 3.8) is 0 Å². The molecule has 0 radical (unpaired) electrons. The first-order valence-electron chi connectivity index (χ1n) is 5.69. The Morgan fingerprint density at radius 1 is 1.07 bits per heavy atom. The van der Waals surface area contributed by atoms with Crippen molar-refractivity contribution in [2.75, 3.05) is 33.9 Å². The molecule has 0 aliphatic carbocycles. The van der Waals surface area contributed by atoms with Crippen molar-refractivity contribution in [2.24, 2.45) is 0 Å². The summed E-state index contributed by atoms with van der Waals surface area (Å²) in [4.78, 5) is 0. The lowest BCUT2D eigenvalue weighted by atomic mass is 10.4. The van der Waals surface area contributed by atoms with Crippen LogP contribution in [0.25, 0.3) is 0 Å². The first kappa shape index (κ1) is 15.1. The molecule has 0 aliphatic rings. The first-order valence-corrected chi connectivity index (χ1v) is 7.62. The molecule has 0 atom stereocenters. The average molecular weight is 235 g/mol. The highest BCUT2D eigenvalue weighted by molar-refractivity contribution is 6.60. The van der Waals surface area contributed by atoms with Gasteiger partial charge in [-0.15, -0.1) is 0 Å². The Kier molecular flexibility index (Phi) is 9.33. The van der Waals surface area contributed by atoms with Crippen LogP contribution in [0.3, 0.4) is 0 Å². The van der Waals surface area contributed by atoms with E-state index >= 15 is 0 Å². The Bertz CT molecular complexity index is 143. The van der Waals surface area contributed by atoms with Gasteiger partial charge in [0.05, 0.1) is 0 Å². The maximum atomic E-state index is 5.60. The molecule has 0 aromatic rings. The molecule has 4 nitrogen and oxygen atoms in total. The zero-order chi connectivity index (χ0) is 11.6. The maximum absolute atomic E-state index is 5.60. The number of nitrogens with one attached hydrogen (secondary N) is 1. The van der Waals surface area contributed by atoms with Gasteiger partial charge in [0.25, 0.3) is 0 Å². The second-order valence-corrected chi connectivity index (χ2v) is 6.35. The lowest BCUT2D eigenvalue weighted by Gasteiger charge is -2.25. The van der Waals surface area contributed by atoms with Gasteiger partial charge in [-0.25, -0.2) is 0 Å². The fraction of sp³-hybridized carbons (Fsp3) is 1.00. The van der Waals surface area contributed by atoms with Gasteiger partial charge >= 0.3 is 8.80 Å². The van der Waals surface area contributed by atoms with E-state index in [0.29, 0.717) is 6.61 Å². The molecular formula is C10H25NO3Si. The standard InChI is InChI=1S/C10H25NO3Si/c1-5-8-11-9-7-10-15(12-3,13-4)14-6-2/h11H,5-10H2,1-4H3. The fourth-order valence-corrected chi connectivity index (χ4v) is 3.43. The van der Waals surface area contributed by atoms with Gasteiger partial charge in [-0.2, -0.15) is 0 Å². The summed E-state index contributed by atoms with van der Waals surface area (Å²) in [5.74, 6) is 0. The molecule has 0 rings (SSSR count). The SMILES string of the molecule is CCCNCCC[Si](OC)(OC)OCC. The minimum absolute atomic E-state index is 0.649. The summed E-state index contributed by atoms with van der Waals surface area (Å²) >= 11 is 0. The monoisotopic (exact) mass is 235 g/mol. The number of rotatable bonds is 10. The minimum atomic E-state index is -2.34. The van der Waals surface area contributed by atoms with Gasteiger partial charge in [-0.1, -0.05) is 6.92 Å². The quantitative estimate of drug-likeness (QED) is 0.462. The Balaban J connectivity index is 3.74. The van der Waals surface area contributed by atoms with Crippen LogP contribution in [0, 0.1) is 0 Å². The first-order chi connectivity index (χ1) is 7.24. The maximum Gasteiger partial charge on any atom is 0.500 e. The summed E-state index contributed by atoms with van der Waals surface area (Å²) in [6.45, 7) is 6.85. The lowest BCUT2D eigenvalue weighted by molar-refractivity contribution is 0.103. The molecule has 0 aromatic heterocycles. The van der Waals surface area contributed by atoms with Gasteiger partial charge in [-0.05, 0) is 32.9 Å². The molecule has 1 N–H and O–H groups in total. The van der Waals surface area contributed by atoms with Gasteiger partial charge in [0.1, 0.15) is 0 Å². The lowest BCUT2D eigenvalue weighted by Crippen LogP contribution is -2.44. The third-order valence-electron chi connectivity index (χ3n) is 2.25. The van der Waals surface area contributed by atoms with E-state index in [9.17, 15) is 0 Å². The summed E-state index contributed by atoms with van der Waals surface area (Å²) in [5, 5.41) is 3.35. The Morgan fingerprint density at radius 3 is 2.20 bits per heavy atom. The van der Waals surface area contributed by atoms with E-state index in [2.05, 4.69) is 12.2 Å². The largest absolute Gasteiger partial charge is 0.500 e. The van der Waals surface area contributed by atoms with Crippen molar-refractivity contribution in [2.45, 2.75) is 32.7 Å². The van der Waals surface area contributed by atoms with Gasteiger partial charge in [0.15, 0.2) is 0 Å². The van der Waals surface area contributed by atoms with E-state index in [1.54, 1.807) is 14.2 Å². The summed E-state index contributed by atoms with van der Waals surface area (Å²) in [7, 11) is 0.999. The number of hydrogen-bond donors (Lipinski definition) is 1. The number of hydrogen-bond acceptors (Lipinski definition) is 4. The molecule has 0 saturated carbocycles. The molecule has 0 amide bonds. The molecule has 5 heteroatoms. The van der Waals surface area contributed by atoms with Gasteiger partial charge in [-0.3, -0.25) is 0 Å². The van der Waals surface area contributed by atoms with Gasteiger partial charge < -0.3 is 18.6 Å². The summed E-state index contributed by atoms with van der Waals surface area (Å²) in [6.07, 6.45) is 2.20. The third-order valence-corrected chi connectivity index (χ3v) is 5.19. The Hall–Kier alpha value is 0.0569. The zero-order valence-electron chi connectivity index (χ0n) is 10.5. The Morgan fingerprint density at radius 2 is 1.73 bits per heavy atom. The van der Waals surface area contributed by atoms with E-state index in [4.69, 9.17) is 13.3 Å². The predicted octanol–water partition coefficient (Wildman–Crippen LogP) is 1.64. The second kappa shape index (κ2) is 9.29. The highest BCUT2D eigenvalue weighted by atomic mass is 28.4. The molecule has 0 aliphatic heterocycles. The van der Waals surface area contributed by atoms with Crippen LogP contribution < -0.4 is 5.32 Å². The predicted molar refractivity (Wildman–Crippen MR) is 64.0 cm³/mol. The van der Waals surface area contributed by atoms with Crippen molar-refractivity contribution in [1.82, 2.24) is 5.32 Å². The van der Waals surface area contributed by atoms with Gasteiger partial charge in [0, 0.05) is 26.9 Å². The molecule has 0 unspecified atom stereocenters. The van der Waals surface area contributed by atoms with E-state index in [0.717, 1.165) is 25.6 Å². The van der Waals surface area contributed by atoms with Crippen LogP contribution >= 0.6 is 0 Å². The summed E-state index contributed by atoms with van der Waals surface area (Å²) in [6, 6.07) is 0.880. The van der Waals surface area contributed by atoms with E-state index < -0.39 is 8.80 Å². The Labute approximate surface area is 94.7 Å². The minimum Gasteiger partial charge on any atom is -0.377 e. The molecule has 0 spiro atoms. The van der Waals surface area contributed by atoms with Crippen LogP contribution in [0.5, 0.6) is 0 Å². The highest BCUT2D eigenvalue weighted by Crippen LogP contribution is 2.15. The molecule has 0 fully saturated rings. The van der Waals surface area contributed by atoms with Crippen molar-refractivity contribution in [3.05, 3.63) is 0 Å². The van der Waals surface area contributed by atoms with Crippen LogP contribution in [0.4, 0.5) is 0 Å². The van der Waals surface area contributed by atoms with Crippen molar-refractivity contribution in [1.29, 1.82) is 0 Å². The highest BCUT2D eigenvalue weighted by Gasteiger charge is 2.37. The molecule has 92 valence electrons. The summed E-state index contributed by atoms with van der Waals surface area (Å²) < 4.78 is 16.4. The normalized spacial score (nSPS) is 12.0. The van der Waals surface area contributed by atoms with Crippen molar-refractivity contribution < 1.29 is 13.3 Å². The van der Waals surface area contributed by atoms with Crippen LogP contribution in [-0.2, 0) is 13.3 Å². The van der Waals surface area contributed by atoms with Gasteiger partial charge in [0.2, 0.25) is 0 Å². The molecule has 15 heavy (non-hydrogen) atoms.